The lowest BCUT2D eigenvalue weighted by Gasteiger charge is -2.34. The van der Waals surface area contributed by atoms with Crippen LogP contribution in [-0.4, -0.2) is 37.7 Å². The van der Waals surface area contributed by atoms with Crippen LogP contribution < -0.4 is 10.6 Å². The van der Waals surface area contributed by atoms with E-state index < -0.39 is 0 Å². The summed E-state index contributed by atoms with van der Waals surface area (Å²) in [6.45, 7) is 5.52. The van der Waals surface area contributed by atoms with E-state index in [4.69, 9.17) is 0 Å². The minimum absolute atomic E-state index is 0.140. The third-order valence-electron chi connectivity index (χ3n) is 3.22. The molecule has 0 bridgehead atoms. The Hall–Kier alpha value is 0.620. The smallest absolute Gasteiger partial charge is 0.0238 e. The van der Waals surface area contributed by atoms with Gasteiger partial charge in [0.05, 0.1) is 0 Å². The van der Waals surface area contributed by atoms with Gasteiger partial charge in [0.25, 0.3) is 0 Å². The van der Waals surface area contributed by atoms with Gasteiger partial charge in [-0.05, 0) is 45.0 Å². The van der Waals surface area contributed by atoms with E-state index in [-0.39, 0.29) is 11.0 Å². The molecular weight excluding hydrogens is 224 g/mol. The first kappa shape index (κ1) is 15.6. The van der Waals surface area contributed by atoms with E-state index in [9.17, 15) is 0 Å². The van der Waals surface area contributed by atoms with Crippen LogP contribution in [0.5, 0.6) is 0 Å². The zero-order chi connectivity index (χ0) is 11.9. The monoisotopic (exact) mass is 250 g/mol. The molecule has 2 atom stereocenters. The quantitative estimate of drug-likeness (QED) is 0.494. The second-order valence-corrected chi connectivity index (χ2v) is 5.60. The summed E-state index contributed by atoms with van der Waals surface area (Å²) in [5.74, 6) is 1.78. The highest BCUT2D eigenvalue weighted by molar-refractivity contribution is 7.80. The van der Waals surface area contributed by atoms with Gasteiger partial charge in [0.15, 0.2) is 0 Å². The zero-order valence-electron chi connectivity index (χ0n) is 10.4. The molecule has 0 saturated carbocycles. The summed E-state index contributed by atoms with van der Waals surface area (Å²) in [6.07, 6.45) is 2.29. The van der Waals surface area contributed by atoms with E-state index in [2.05, 4.69) is 49.7 Å². The van der Waals surface area contributed by atoms with E-state index in [0.29, 0.717) is 0 Å². The molecule has 0 aliphatic carbocycles. The van der Waals surface area contributed by atoms with Gasteiger partial charge in [0, 0.05) is 17.8 Å². The van der Waals surface area contributed by atoms with Crippen LogP contribution in [0.25, 0.3) is 0 Å². The lowest BCUT2D eigenvalue weighted by Crippen LogP contribution is -2.44. The summed E-state index contributed by atoms with van der Waals surface area (Å²) < 4.78 is 0. The van der Waals surface area contributed by atoms with Crippen molar-refractivity contribution < 1.29 is 0 Å². The molecule has 0 spiro atoms. The maximum atomic E-state index is 4.44. The summed E-state index contributed by atoms with van der Waals surface area (Å²) >= 11 is 8.84. The summed E-state index contributed by atoms with van der Waals surface area (Å²) in [4.78, 5) is 0. The Labute approximate surface area is 106 Å². The van der Waals surface area contributed by atoms with Crippen molar-refractivity contribution in [1.82, 2.24) is 10.6 Å². The Kier molecular flexibility index (Phi) is 7.34. The maximum Gasteiger partial charge on any atom is 0.0238 e. The van der Waals surface area contributed by atoms with Crippen LogP contribution in [0.1, 0.15) is 26.7 Å². The Morgan fingerprint density at radius 2 is 1.60 bits per heavy atom. The lowest BCUT2D eigenvalue weighted by atomic mass is 9.82. The molecule has 0 aliphatic rings. The normalized spacial score (nSPS) is 19.6. The van der Waals surface area contributed by atoms with Crippen molar-refractivity contribution in [3.63, 3.8) is 0 Å². The first-order valence-electron chi connectivity index (χ1n) is 5.50. The summed E-state index contributed by atoms with van der Waals surface area (Å²) in [6, 6.07) is 0. The SMILES string of the molecule is CNC[C@](C)(CS)CC[C@](C)(CS)NC. The first-order chi connectivity index (χ1) is 6.95. The van der Waals surface area contributed by atoms with Crippen LogP contribution >= 0.6 is 25.3 Å². The molecule has 0 heterocycles. The fraction of sp³-hybridized carbons (Fsp3) is 1.00. The molecule has 4 heteroatoms. The minimum Gasteiger partial charge on any atom is -0.319 e. The highest BCUT2D eigenvalue weighted by Crippen LogP contribution is 2.28. The largest absolute Gasteiger partial charge is 0.319 e. The molecule has 0 aliphatic heterocycles. The van der Waals surface area contributed by atoms with Crippen molar-refractivity contribution in [3.8, 4) is 0 Å². The van der Waals surface area contributed by atoms with Crippen molar-refractivity contribution in [3.05, 3.63) is 0 Å². The summed E-state index contributed by atoms with van der Waals surface area (Å²) in [7, 11) is 4.00. The molecule has 0 aromatic carbocycles. The van der Waals surface area contributed by atoms with Gasteiger partial charge >= 0.3 is 0 Å². The molecule has 2 N–H and O–H groups in total. The molecule has 15 heavy (non-hydrogen) atoms. The van der Waals surface area contributed by atoms with Gasteiger partial charge in [-0.3, -0.25) is 0 Å². The molecular formula is C11H26N2S2. The first-order valence-corrected chi connectivity index (χ1v) is 6.77. The van der Waals surface area contributed by atoms with Gasteiger partial charge in [-0.2, -0.15) is 25.3 Å². The van der Waals surface area contributed by atoms with Gasteiger partial charge in [-0.25, -0.2) is 0 Å². The van der Waals surface area contributed by atoms with Gasteiger partial charge in [0.1, 0.15) is 0 Å². The van der Waals surface area contributed by atoms with Crippen molar-refractivity contribution >= 4 is 25.3 Å². The second kappa shape index (κ2) is 7.05. The molecule has 92 valence electrons. The number of thiol groups is 2. The van der Waals surface area contributed by atoms with Crippen LogP contribution in [0.3, 0.4) is 0 Å². The predicted molar refractivity (Wildman–Crippen MR) is 76.4 cm³/mol. The molecule has 0 amide bonds. The molecule has 0 rings (SSSR count). The van der Waals surface area contributed by atoms with E-state index in [0.717, 1.165) is 30.9 Å². The van der Waals surface area contributed by atoms with Crippen LogP contribution in [0.4, 0.5) is 0 Å². The summed E-state index contributed by atoms with van der Waals surface area (Å²) in [5, 5.41) is 6.59. The highest BCUT2D eigenvalue weighted by atomic mass is 32.1. The van der Waals surface area contributed by atoms with Crippen LogP contribution in [-0.2, 0) is 0 Å². The van der Waals surface area contributed by atoms with E-state index in [1.54, 1.807) is 0 Å². The van der Waals surface area contributed by atoms with Gasteiger partial charge < -0.3 is 10.6 Å². The van der Waals surface area contributed by atoms with E-state index in [1.807, 2.05) is 14.1 Å². The second-order valence-electron chi connectivity index (χ2n) is 4.97. The van der Waals surface area contributed by atoms with Gasteiger partial charge in [-0.15, -0.1) is 0 Å². The number of rotatable bonds is 8. The van der Waals surface area contributed by atoms with Crippen molar-refractivity contribution in [2.45, 2.75) is 32.2 Å². The average Bonchev–Trinajstić information content (AvgIpc) is 2.26. The number of hydrogen-bond acceptors (Lipinski definition) is 4. The number of hydrogen-bond donors (Lipinski definition) is 4. The Balaban J connectivity index is 4.20. The highest BCUT2D eigenvalue weighted by Gasteiger charge is 2.27. The van der Waals surface area contributed by atoms with Crippen molar-refractivity contribution in [2.24, 2.45) is 5.41 Å². The van der Waals surface area contributed by atoms with Gasteiger partial charge in [-0.1, -0.05) is 6.92 Å². The van der Waals surface area contributed by atoms with Crippen LogP contribution in [0.15, 0.2) is 0 Å². The maximum absolute atomic E-state index is 4.44. The van der Waals surface area contributed by atoms with Crippen LogP contribution in [0, 0.1) is 5.41 Å². The van der Waals surface area contributed by atoms with Gasteiger partial charge in [0.2, 0.25) is 0 Å². The Morgan fingerprint density at radius 3 is 1.93 bits per heavy atom. The molecule has 0 radical (unpaired) electrons. The molecule has 0 aromatic heterocycles. The zero-order valence-corrected chi connectivity index (χ0v) is 12.2. The molecule has 0 aromatic rings. The molecule has 2 nitrogen and oxygen atoms in total. The van der Waals surface area contributed by atoms with Crippen molar-refractivity contribution in [2.75, 3.05) is 32.1 Å². The average molecular weight is 250 g/mol. The lowest BCUT2D eigenvalue weighted by molar-refractivity contribution is 0.272. The standard InChI is InChI=1S/C11H26N2S2/c1-10(8-14,7-12-3)5-6-11(2,9-15)13-4/h12-15H,5-9H2,1-4H3/t10-,11-/m1/s1. The van der Waals surface area contributed by atoms with Crippen LogP contribution in [0.2, 0.25) is 0 Å². The van der Waals surface area contributed by atoms with E-state index >= 15 is 0 Å². The minimum atomic E-state index is 0.140. The molecule has 0 unspecified atom stereocenters. The Morgan fingerprint density at radius 1 is 1.00 bits per heavy atom. The molecule has 0 saturated heterocycles. The topological polar surface area (TPSA) is 24.1 Å². The molecule has 0 fully saturated rings. The number of nitrogens with one attached hydrogen (secondary N) is 2. The third-order valence-corrected chi connectivity index (χ3v) is 4.68. The fourth-order valence-corrected chi connectivity index (χ4v) is 2.10. The predicted octanol–water partition coefficient (Wildman–Crippen LogP) is 1.83. The third kappa shape index (κ3) is 5.48. The van der Waals surface area contributed by atoms with Crippen molar-refractivity contribution in [1.29, 1.82) is 0 Å². The van der Waals surface area contributed by atoms with E-state index in [1.165, 1.54) is 0 Å². The Bertz CT molecular complexity index is 172. The fourth-order valence-electron chi connectivity index (χ4n) is 1.51. The summed E-state index contributed by atoms with van der Waals surface area (Å²) in [5.41, 5.74) is 0.417.